The fraction of sp³-hybridized carbons (Fsp3) is 0.182. The first-order chi connectivity index (χ1) is 14.0. The molecule has 1 heterocycles. The fourth-order valence-corrected chi connectivity index (χ4v) is 2.84. The van der Waals surface area contributed by atoms with Crippen molar-refractivity contribution in [1.82, 2.24) is 9.55 Å². The number of aromatic nitrogens is 2. The van der Waals surface area contributed by atoms with Gasteiger partial charge >= 0.3 is 5.97 Å². The van der Waals surface area contributed by atoms with Gasteiger partial charge < -0.3 is 10.1 Å². The topological polar surface area (TPSA) is 90.3 Å². The Kier molecular flexibility index (Phi) is 6.19. The highest BCUT2D eigenvalue weighted by Crippen LogP contribution is 2.12. The van der Waals surface area contributed by atoms with E-state index in [1.807, 2.05) is 13.0 Å². The van der Waals surface area contributed by atoms with E-state index in [1.165, 1.54) is 17.0 Å². The molecule has 7 nitrogen and oxygen atoms in total. The summed E-state index contributed by atoms with van der Waals surface area (Å²) in [7, 11) is 0. The van der Waals surface area contributed by atoms with Crippen LogP contribution in [0.4, 0.5) is 5.69 Å². The molecule has 0 aliphatic heterocycles. The van der Waals surface area contributed by atoms with Crippen molar-refractivity contribution in [1.29, 1.82) is 0 Å². The molecule has 3 aromatic rings. The number of hydrogen-bond acceptors (Lipinski definition) is 5. The van der Waals surface area contributed by atoms with Gasteiger partial charge in [0.15, 0.2) is 0 Å². The molecular weight excluding hydrogens is 370 g/mol. The van der Waals surface area contributed by atoms with Crippen molar-refractivity contribution in [3.63, 3.8) is 0 Å². The Morgan fingerprint density at radius 2 is 1.93 bits per heavy atom. The van der Waals surface area contributed by atoms with Crippen molar-refractivity contribution < 1.29 is 14.3 Å². The lowest BCUT2D eigenvalue weighted by atomic mass is 10.1. The molecule has 0 radical (unpaired) electrons. The van der Waals surface area contributed by atoms with E-state index in [9.17, 15) is 14.4 Å². The Labute approximate surface area is 167 Å². The van der Waals surface area contributed by atoms with Crippen molar-refractivity contribution in [2.45, 2.75) is 20.4 Å². The number of aryl methyl sites for hydroxylation is 1. The molecule has 0 saturated carbocycles. The average molecular weight is 391 g/mol. The SMILES string of the molecule is CCOC(=O)/C=C\c1ccc(NC(=O)Cn2cnc3c(C)cccc3c2=O)cc1. The van der Waals surface area contributed by atoms with Gasteiger partial charge in [0.05, 0.1) is 23.8 Å². The molecule has 0 fully saturated rings. The smallest absolute Gasteiger partial charge is 0.330 e. The second-order valence-corrected chi connectivity index (χ2v) is 6.40. The lowest BCUT2D eigenvalue weighted by Gasteiger charge is -2.09. The summed E-state index contributed by atoms with van der Waals surface area (Å²) in [5, 5.41) is 3.23. The molecule has 148 valence electrons. The van der Waals surface area contributed by atoms with Crippen LogP contribution in [0.3, 0.4) is 0 Å². The van der Waals surface area contributed by atoms with Gasteiger partial charge in [-0.25, -0.2) is 9.78 Å². The highest BCUT2D eigenvalue weighted by Gasteiger charge is 2.09. The number of hydrogen-bond donors (Lipinski definition) is 1. The number of nitrogens with one attached hydrogen (secondary N) is 1. The van der Waals surface area contributed by atoms with E-state index in [0.717, 1.165) is 11.1 Å². The highest BCUT2D eigenvalue weighted by atomic mass is 16.5. The van der Waals surface area contributed by atoms with Crippen molar-refractivity contribution in [2.75, 3.05) is 11.9 Å². The monoisotopic (exact) mass is 391 g/mol. The Morgan fingerprint density at radius 3 is 2.66 bits per heavy atom. The summed E-state index contributed by atoms with van der Waals surface area (Å²) in [5.74, 6) is -0.745. The number of benzene rings is 2. The number of fused-ring (bicyclic) bond motifs is 1. The zero-order valence-electron chi connectivity index (χ0n) is 16.2. The van der Waals surface area contributed by atoms with Crippen LogP contribution >= 0.6 is 0 Å². The van der Waals surface area contributed by atoms with Crippen molar-refractivity contribution in [3.05, 3.63) is 76.3 Å². The Hall–Kier alpha value is -3.74. The minimum absolute atomic E-state index is 0.139. The maximum Gasteiger partial charge on any atom is 0.330 e. The predicted molar refractivity (Wildman–Crippen MR) is 111 cm³/mol. The van der Waals surface area contributed by atoms with E-state index in [-0.39, 0.29) is 18.0 Å². The van der Waals surface area contributed by atoms with E-state index in [2.05, 4.69) is 10.3 Å². The first-order valence-electron chi connectivity index (χ1n) is 9.17. The highest BCUT2D eigenvalue weighted by molar-refractivity contribution is 5.91. The van der Waals surface area contributed by atoms with E-state index >= 15 is 0 Å². The number of esters is 1. The third kappa shape index (κ3) is 4.95. The van der Waals surface area contributed by atoms with E-state index in [1.54, 1.807) is 49.4 Å². The van der Waals surface area contributed by atoms with Gasteiger partial charge in [-0.05, 0) is 49.2 Å². The van der Waals surface area contributed by atoms with Crippen LogP contribution < -0.4 is 10.9 Å². The minimum Gasteiger partial charge on any atom is -0.463 e. The Bertz CT molecular complexity index is 1130. The summed E-state index contributed by atoms with van der Waals surface area (Å²) >= 11 is 0. The quantitative estimate of drug-likeness (QED) is 0.515. The molecule has 1 aromatic heterocycles. The molecule has 0 aliphatic carbocycles. The lowest BCUT2D eigenvalue weighted by molar-refractivity contribution is -0.137. The van der Waals surface area contributed by atoms with Gasteiger partial charge in [-0.2, -0.15) is 0 Å². The van der Waals surface area contributed by atoms with Crippen LogP contribution in [0.5, 0.6) is 0 Å². The van der Waals surface area contributed by atoms with Crippen LogP contribution in [0.1, 0.15) is 18.1 Å². The molecule has 0 aliphatic rings. The molecule has 0 atom stereocenters. The zero-order chi connectivity index (χ0) is 20.8. The van der Waals surface area contributed by atoms with E-state index in [4.69, 9.17) is 4.74 Å². The Balaban J connectivity index is 1.67. The number of nitrogens with zero attached hydrogens (tertiary/aromatic N) is 2. The number of carbonyl (C=O) groups is 2. The number of para-hydroxylation sites is 1. The van der Waals surface area contributed by atoms with Crippen LogP contribution in [-0.4, -0.2) is 28.0 Å². The molecule has 29 heavy (non-hydrogen) atoms. The van der Waals surface area contributed by atoms with Gasteiger partial charge in [0.1, 0.15) is 6.54 Å². The van der Waals surface area contributed by atoms with E-state index in [0.29, 0.717) is 23.2 Å². The summed E-state index contributed by atoms with van der Waals surface area (Å²) < 4.78 is 6.11. The summed E-state index contributed by atoms with van der Waals surface area (Å²) in [6.45, 7) is 3.81. The Morgan fingerprint density at radius 1 is 1.17 bits per heavy atom. The summed E-state index contributed by atoms with van der Waals surface area (Å²) in [6.07, 6.45) is 4.37. The second-order valence-electron chi connectivity index (χ2n) is 6.40. The minimum atomic E-state index is -0.408. The standard InChI is InChI=1S/C22H21N3O4/c1-3-29-20(27)12-9-16-7-10-17(11-8-16)24-19(26)13-25-14-23-21-15(2)5-4-6-18(21)22(25)28/h4-12,14H,3,13H2,1-2H3,(H,24,26)/b12-9-. The molecule has 0 saturated heterocycles. The van der Waals surface area contributed by atoms with Crippen molar-refractivity contribution in [3.8, 4) is 0 Å². The number of rotatable bonds is 6. The number of amides is 1. The lowest BCUT2D eigenvalue weighted by Crippen LogP contribution is -2.28. The summed E-state index contributed by atoms with van der Waals surface area (Å²) in [6, 6.07) is 12.3. The van der Waals surface area contributed by atoms with Crippen LogP contribution in [0, 0.1) is 6.92 Å². The average Bonchev–Trinajstić information content (AvgIpc) is 2.70. The predicted octanol–water partition coefficient (Wildman–Crippen LogP) is 2.92. The molecule has 1 amide bonds. The third-order valence-corrected chi connectivity index (χ3v) is 4.26. The third-order valence-electron chi connectivity index (χ3n) is 4.26. The van der Waals surface area contributed by atoms with Gasteiger partial charge in [0.25, 0.3) is 5.56 Å². The maximum atomic E-state index is 12.6. The maximum absolute atomic E-state index is 12.6. The summed E-state index contributed by atoms with van der Waals surface area (Å²) in [4.78, 5) is 40.5. The first-order valence-corrected chi connectivity index (χ1v) is 9.17. The van der Waals surface area contributed by atoms with Gasteiger partial charge in [-0.3, -0.25) is 14.2 Å². The molecule has 0 bridgehead atoms. The van der Waals surface area contributed by atoms with E-state index < -0.39 is 5.97 Å². The second kappa shape index (κ2) is 8.97. The molecule has 3 rings (SSSR count). The van der Waals surface area contributed by atoms with Crippen molar-refractivity contribution in [2.24, 2.45) is 0 Å². The van der Waals surface area contributed by atoms with Crippen LogP contribution in [0.2, 0.25) is 0 Å². The normalized spacial score (nSPS) is 11.0. The zero-order valence-corrected chi connectivity index (χ0v) is 16.2. The first kappa shape index (κ1) is 20.0. The molecule has 1 N–H and O–H groups in total. The largest absolute Gasteiger partial charge is 0.463 e. The number of anilines is 1. The molecular formula is C22H21N3O4. The number of ether oxygens (including phenoxy) is 1. The molecule has 2 aromatic carbocycles. The van der Waals surface area contributed by atoms with Crippen LogP contribution in [-0.2, 0) is 20.9 Å². The van der Waals surface area contributed by atoms with Crippen LogP contribution in [0.25, 0.3) is 17.0 Å². The summed E-state index contributed by atoms with van der Waals surface area (Å²) in [5.41, 5.74) is 2.67. The van der Waals surface area contributed by atoms with Gasteiger partial charge in [-0.15, -0.1) is 0 Å². The molecule has 7 heteroatoms. The fourth-order valence-electron chi connectivity index (χ4n) is 2.84. The van der Waals surface area contributed by atoms with Crippen molar-refractivity contribution >= 4 is 34.5 Å². The molecule has 0 spiro atoms. The number of carbonyl (C=O) groups excluding carboxylic acids is 2. The molecule has 0 unspecified atom stereocenters. The van der Waals surface area contributed by atoms with Gasteiger partial charge in [-0.1, -0.05) is 24.3 Å². The van der Waals surface area contributed by atoms with Crippen LogP contribution in [0.15, 0.2) is 59.7 Å². The van der Waals surface area contributed by atoms with Gasteiger partial charge in [0, 0.05) is 11.8 Å². The van der Waals surface area contributed by atoms with Gasteiger partial charge in [0.2, 0.25) is 5.91 Å².